The van der Waals surface area contributed by atoms with Crippen LogP contribution in [-0.4, -0.2) is 34.8 Å². The van der Waals surface area contributed by atoms with Gasteiger partial charge in [0.25, 0.3) is 0 Å². The number of anilines is 1. The average molecular weight is 408 g/mol. The molecule has 0 fully saturated rings. The van der Waals surface area contributed by atoms with Crippen LogP contribution in [0, 0.1) is 0 Å². The first kappa shape index (κ1) is 19.3. The van der Waals surface area contributed by atoms with E-state index in [1.54, 1.807) is 7.11 Å². The summed E-state index contributed by atoms with van der Waals surface area (Å²) in [7, 11) is 1.66. The highest BCUT2D eigenvalue weighted by atomic mass is 32.1. The zero-order valence-corrected chi connectivity index (χ0v) is 17.5. The Morgan fingerprint density at radius 3 is 2.66 bits per heavy atom. The van der Waals surface area contributed by atoms with Crippen molar-refractivity contribution in [2.75, 3.05) is 25.6 Å². The highest BCUT2D eigenvalue weighted by Crippen LogP contribution is 2.34. The zero-order valence-electron chi connectivity index (χ0n) is 16.7. The van der Waals surface area contributed by atoms with Gasteiger partial charge in [-0.1, -0.05) is 18.2 Å². The molecule has 0 amide bonds. The molecule has 1 aromatic heterocycles. The quantitative estimate of drug-likeness (QED) is 0.621. The van der Waals surface area contributed by atoms with Crippen molar-refractivity contribution in [3.8, 4) is 11.5 Å². The fraction of sp³-hybridized carbons (Fsp3) is 0.261. The summed E-state index contributed by atoms with van der Waals surface area (Å²) in [5.41, 5.74) is 3.33. The predicted octanol–water partition coefficient (Wildman–Crippen LogP) is 4.70. The summed E-state index contributed by atoms with van der Waals surface area (Å²) in [5.74, 6) is 1.68. The molecule has 1 aliphatic heterocycles. The number of methoxy groups -OCH3 is 1. The maximum absolute atomic E-state index is 5.82. The van der Waals surface area contributed by atoms with Crippen LogP contribution in [0.15, 0.2) is 66.9 Å². The molecule has 0 spiro atoms. The van der Waals surface area contributed by atoms with Gasteiger partial charge in [0, 0.05) is 36.7 Å². The molecule has 29 heavy (non-hydrogen) atoms. The lowest BCUT2D eigenvalue weighted by molar-refractivity contribution is 0.293. The number of nitrogens with zero attached hydrogens (tertiary/aromatic N) is 2. The molecule has 0 unspecified atom stereocenters. The van der Waals surface area contributed by atoms with Gasteiger partial charge in [-0.3, -0.25) is 0 Å². The second-order valence-corrected chi connectivity index (χ2v) is 7.27. The van der Waals surface area contributed by atoms with Crippen LogP contribution in [0.4, 0.5) is 5.69 Å². The van der Waals surface area contributed by atoms with Crippen LogP contribution in [0.25, 0.3) is 0 Å². The van der Waals surface area contributed by atoms with Crippen molar-refractivity contribution in [3.63, 3.8) is 0 Å². The van der Waals surface area contributed by atoms with Crippen LogP contribution < -0.4 is 14.8 Å². The SMILES string of the molecule is CCOc1ccc([C@H]2c3cccn3CCN2C(=S)Nc2cccc(OC)c2)cc1. The smallest absolute Gasteiger partial charge is 0.174 e. The molecule has 150 valence electrons. The van der Waals surface area contributed by atoms with E-state index in [1.807, 2.05) is 43.3 Å². The summed E-state index contributed by atoms with van der Waals surface area (Å²) in [6, 6.07) is 20.4. The molecule has 6 heteroatoms. The highest BCUT2D eigenvalue weighted by molar-refractivity contribution is 7.80. The Kier molecular flexibility index (Phi) is 5.71. The first-order valence-corrected chi connectivity index (χ1v) is 10.2. The minimum atomic E-state index is 0.0417. The lowest BCUT2D eigenvalue weighted by atomic mass is 10.00. The molecule has 2 aromatic carbocycles. The Bertz CT molecular complexity index is 984. The van der Waals surface area contributed by atoms with Gasteiger partial charge >= 0.3 is 0 Å². The maximum Gasteiger partial charge on any atom is 0.174 e. The van der Waals surface area contributed by atoms with E-state index in [9.17, 15) is 0 Å². The van der Waals surface area contributed by atoms with Crippen molar-refractivity contribution in [3.05, 3.63) is 78.1 Å². The van der Waals surface area contributed by atoms with E-state index in [-0.39, 0.29) is 6.04 Å². The van der Waals surface area contributed by atoms with Crippen LogP contribution in [-0.2, 0) is 6.54 Å². The third-order valence-electron chi connectivity index (χ3n) is 5.13. The van der Waals surface area contributed by atoms with Crippen LogP contribution in [0.5, 0.6) is 11.5 Å². The second kappa shape index (κ2) is 8.57. The summed E-state index contributed by atoms with van der Waals surface area (Å²) in [6.07, 6.45) is 2.13. The molecule has 0 aliphatic carbocycles. The number of hydrogen-bond donors (Lipinski definition) is 1. The fourth-order valence-corrected chi connectivity index (χ4v) is 4.08. The number of benzene rings is 2. The normalized spacial score (nSPS) is 15.5. The molecule has 2 heterocycles. The minimum absolute atomic E-state index is 0.0417. The lowest BCUT2D eigenvalue weighted by Crippen LogP contribution is -2.44. The average Bonchev–Trinajstić information content (AvgIpc) is 3.23. The van der Waals surface area contributed by atoms with Gasteiger partial charge in [0.15, 0.2) is 5.11 Å². The number of fused-ring (bicyclic) bond motifs is 1. The van der Waals surface area contributed by atoms with Gasteiger partial charge in [-0.2, -0.15) is 0 Å². The molecule has 1 N–H and O–H groups in total. The molecule has 0 radical (unpaired) electrons. The molecule has 4 rings (SSSR count). The van der Waals surface area contributed by atoms with Gasteiger partial charge in [0.1, 0.15) is 11.5 Å². The lowest BCUT2D eigenvalue weighted by Gasteiger charge is -2.39. The van der Waals surface area contributed by atoms with Gasteiger partial charge in [-0.15, -0.1) is 0 Å². The first-order chi connectivity index (χ1) is 14.2. The fourth-order valence-electron chi connectivity index (χ4n) is 3.76. The summed E-state index contributed by atoms with van der Waals surface area (Å²) in [5, 5.41) is 4.08. The Labute approximate surface area is 176 Å². The number of thiocarbonyl (C=S) groups is 1. The topological polar surface area (TPSA) is 38.7 Å². The second-order valence-electron chi connectivity index (χ2n) is 6.89. The Morgan fingerprint density at radius 2 is 1.90 bits per heavy atom. The molecule has 1 atom stereocenters. The maximum atomic E-state index is 5.82. The van der Waals surface area contributed by atoms with Crippen molar-refractivity contribution in [1.29, 1.82) is 0 Å². The Balaban J connectivity index is 1.63. The van der Waals surface area contributed by atoms with Gasteiger partial charge in [-0.25, -0.2) is 0 Å². The number of rotatable bonds is 5. The van der Waals surface area contributed by atoms with Crippen LogP contribution in [0.3, 0.4) is 0 Å². The molecule has 0 saturated carbocycles. The number of aromatic nitrogens is 1. The van der Waals surface area contributed by atoms with E-state index in [0.29, 0.717) is 11.7 Å². The van der Waals surface area contributed by atoms with E-state index in [4.69, 9.17) is 21.7 Å². The largest absolute Gasteiger partial charge is 0.497 e. The van der Waals surface area contributed by atoms with Crippen molar-refractivity contribution < 1.29 is 9.47 Å². The summed E-state index contributed by atoms with van der Waals surface area (Å²) in [6.45, 7) is 4.38. The third kappa shape index (κ3) is 4.07. The summed E-state index contributed by atoms with van der Waals surface area (Å²) < 4.78 is 13.2. The summed E-state index contributed by atoms with van der Waals surface area (Å²) >= 11 is 5.82. The first-order valence-electron chi connectivity index (χ1n) is 9.79. The van der Waals surface area contributed by atoms with E-state index >= 15 is 0 Å². The standard InChI is InChI=1S/C23H25N3O2S/c1-3-28-19-11-9-17(10-12-19)22-21-8-5-13-25(21)14-15-26(22)23(29)24-18-6-4-7-20(16-18)27-2/h4-13,16,22H,3,14-15H2,1-2H3,(H,24,29)/t22-/m0/s1. The number of ether oxygens (including phenoxy) is 2. The predicted molar refractivity (Wildman–Crippen MR) is 120 cm³/mol. The van der Waals surface area contributed by atoms with Crippen LogP contribution in [0.2, 0.25) is 0 Å². The van der Waals surface area contributed by atoms with Gasteiger partial charge in [0.2, 0.25) is 0 Å². The van der Waals surface area contributed by atoms with Crippen LogP contribution >= 0.6 is 12.2 Å². The molecule has 3 aromatic rings. The number of nitrogens with one attached hydrogen (secondary N) is 1. The molecule has 0 bridgehead atoms. The number of hydrogen-bond acceptors (Lipinski definition) is 3. The van der Waals surface area contributed by atoms with E-state index in [0.717, 1.165) is 30.3 Å². The van der Waals surface area contributed by atoms with Gasteiger partial charge in [0.05, 0.1) is 19.8 Å². The third-order valence-corrected chi connectivity index (χ3v) is 5.46. The van der Waals surface area contributed by atoms with E-state index < -0.39 is 0 Å². The monoisotopic (exact) mass is 407 g/mol. The molecule has 1 aliphatic rings. The van der Waals surface area contributed by atoms with Crippen molar-refractivity contribution in [1.82, 2.24) is 9.47 Å². The van der Waals surface area contributed by atoms with Crippen molar-refractivity contribution in [2.24, 2.45) is 0 Å². The highest BCUT2D eigenvalue weighted by Gasteiger charge is 2.30. The van der Waals surface area contributed by atoms with E-state index in [1.165, 1.54) is 11.3 Å². The van der Waals surface area contributed by atoms with Gasteiger partial charge < -0.3 is 24.3 Å². The zero-order chi connectivity index (χ0) is 20.2. The Hall–Kier alpha value is -2.99. The summed E-state index contributed by atoms with van der Waals surface area (Å²) in [4.78, 5) is 2.25. The molecule has 5 nitrogen and oxygen atoms in total. The van der Waals surface area contributed by atoms with E-state index in [2.05, 4.69) is 45.2 Å². The van der Waals surface area contributed by atoms with Crippen molar-refractivity contribution >= 4 is 23.0 Å². The molecular weight excluding hydrogens is 382 g/mol. The molecule has 0 saturated heterocycles. The van der Waals surface area contributed by atoms with Crippen molar-refractivity contribution in [2.45, 2.75) is 19.5 Å². The van der Waals surface area contributed by atoms with Gasteiger partial charge in [-0.05, 0) is 61.1 Å². The van der Waals surface area contributed by atoms with Crippen LogP contribution in [0.1, 0.15) is 24.2 Å². The molecular formula is C23H25N3O2S. The Morgan fingerprint density at radius 1 is 1.07 bits per heavy atom. The minimum Gasteiger partial charge on any atom is -0.497 e.